The first-order chi connectivity index (χ1) is 10.0. The van der Waals surface area contributed by atoms with Crippen molar-refractivity contribution in [2.75, 3.05) is 26.3 Å². The zero-order valence-electron chi connectivity index (χ0n) is 11.5. The summed E-state index contributed by atoms with van der Waals surface area (Å²) in [4.78, 5) is 3.96. The van der Waals surface area contributed by atoms with Gasteiger partial charge in [-0.1, -0.05) is 0 Å². The lowest BCUT2D eigenvalue weighted by Crippen LogP contribution is -2.48. The molecule has 0 spiro atoms. The molecule has 2 fully saturated rings. The Balaban J connectivity index is 1.68. The maximum atomic E-state index is 12.4. The second-order valence-electron chi connectivity index (χ2n) is 5.20. The highest BCUT2D eigenvalue weighted by molar-refractivity contribution is 9.11. The Bertz CT molecular complexity index is 595. The lowest BCUT2D eigenvalue weighted by Gasteiger charge is -2.26. The molecule has 118 valence electrons. The number of sulfonamides is 1. The van der Waals surface area contributed by atoms with Crippen LogP contribution in [0.4, 0.5) is 0 Å². The Labute approximate surface area is 137 Å². The molecule has 1 aliphatic heterocycles. The molecular weight excluding hydrogens is 378 g/mol. The van der Waals surface area contributed by atoms with Crippen molar-refractivity contribution < 1.29 is 13.2 Å². The molecule has 6 nitrogen and oxygen atoms in total. The summed E-state index contributed by atoms with van der Waals surface area (Å²) < 4.78 is 30.8. The maximum Gasteiger partial charge on any atom is 0.255 e. The van der Waals surface area contributed by atoms with Gasteiger partial charge in [-0.25, -0.2) is 13.4 Å². The van der Waals surface area contributed by atoms with Gasteiger partial charge in [-0.15, -0.1) is 16.2 Å². The van der Waals surface area contributed by atoms with Crippen LogP contribution in [0, 0.1) is 0 Å². The van der Waals surface area contributed by atoms with Gasteiger partial charge in [0.05, 0.1) is 17.0 Å². The van der Waals surface area contributed by atoms with Crippen LogP contribution in [0.1, 0.15) is 17.7 Å². The van der Waals surface area contributed by atoms with Crippen LogP contribution >= 0.6 is 27.3 Å². The maximum absolute atomic E-state index is 12.4. The number of nitrogens with one attached hydrogen (secondary N) is 2. The second kappa shape index (κ2) is 6.61. The summed E-state index contributed by atoms with van der Waals surface area (Å²) in [6.07, 6.45) is 2.44. The van der Waals surface area contributed by atoms with Crippen LogP contribution in [0.3, 0.4) is 0 Å². The number of hydrazine groups is 1. The molecule has 0 unspecified atom stereocenters. The highest BCUT2D eigenvalue weighted by Gasteiger charge is 2.25. The Morgan fingerprint density at radius 1 is 1.38 bits per heavy atom. The summed E-state index contributed by atoms with van der Waals surface area (Å²) >= 11 is 4.83. The summed E-state index contributed by atoms with van der Waals surface area (Å²) in [7, 11) is -3.54. The second-order valence-corrected chi connectivity index (χ2v) is 9.28. The molecule has 0 radical (unpaired) electrons. The number of morpholine rings is 1. The molecule has 1 aliphatic carbocycles. The zero-order valence-corrected chi connectivity index (χ0v) is 14.7. The number of ether oxygens (including phenoxy) is 1. The van der Waals surface area contributed by atoms with E-state index in [2.05, 4.69) is 26.1 Å². The molecule has 0 amide bonds. The van der Waals surface area contributed by atoms with E-state index < -0.39 is 10.0 Å². The minimum Gasteiger partial charge on any atom is -0.379 e. The number of hydrogen-bond acceptors (Lipinski definition) is 6. The predicted molar refractivity (Wildman–Crippen MR) is 84.6 cm³/mol. The molecule has 21 heavy (non-hydrogen) atoms. The first-order valence-corrected chi connectivity index (χ1v) is 10.0. The van der Waals surface area contributed by atoms with E-state index in [9.17, 15) is 8.42 Å². The summed E-state index contributed by atoms with van der Waals surface area (Å²) in [5, 5.41) is 5.08. The minimum absolute atomic E-state index is 0.312. The van der Waals surface area contributed by atoms with Gasteiger partial charge in [0.2, 0.25) is 0 Å². The highest BCUT2D eigenvalue weighted by Crippen LogP contribution is 2.32. The monoisotopic (exact) mass is 395 g/mol. The predicted octanol–water partition coefficient (Wildman–Crippen LogP) is 1.29. The van der Waals surface area contributed by atoms with Gasteiger partial charge in [0.15, 0.2) is 0 Å². The summed E-state index contributed by atoms with van der Waals surface area (Å²) in [5.74, 6) is 0. The van der Waals surface area contributed by atoms with Crippen LogP contribution in [0.15, 0.2) is 14.7 Å². The largest absolute Gasteiger partial charge is 0.379 e. The molecule has 0 atom stereocenters. The first kappa shape index (κ1) is 15.9. The Morgan fingerprint density at radius 2 is 2.10 bits per heavy atom. The van der Waals surface area contributed by atoms with Crippen molar-refractivity contribution in [3.05, 3.63) is 14.7 Å². The third-order valence-electron chi connectivity index (χ3n) is 3.40. The van der Waals surface area contributed by atoms with Gasteiger partial charge in [-0.2, -0.15) is 0 Å². The molecular formula is C12H18BrN3O3S2. The molecule has 1 saturated carbocycles. The lowest BCUT2D eigenvalue weighted by molar-refractivity contribution is 0.0272. The van der Waals surface area contributed by atoms with E-state index >= 15 is 0 Å². The fraction of sp³-hybridized carbons (Fsp3) is 0.667. The number of halogens is 1. The summed E-state index contributed by atoms with van der Waals surface area (Å²) in [6.45, 7) is 2.95. The Hall–Kier alpha value is -0.0300. The van der Waals surface area contributed by atoms with Crippen LogP contribution in [-0.4, -0.2) is 45.8 Å². The summed E-state index contributed by atoms with van der Waals surface area (Å²) in [5.41, 5.74) is 0. The topological polar surface area (TPSA) is 70.7 Å². The van der Waals surface area contributed by atoms with E-state index in [0.29, 0.717) is 41.0 Å². The van der Waals surface area contributed by atoms with Gasteiger partial charge >= 0.3 is 0 Å². The number of nitrogens with zero attached hydrogens (tertiary/aromatic N) is 1. The van der Waals surface area contributed by atoms with Crippen molar-refractivity contribution >= 4 is 37.3 Å². The molecule has 1 aromatic heterocycles. The van der Waals surface area contributed by atoms with Crippen molar-refractivity contribution in [1.82, 2.24) is 15.2 Å². The van der Waals surface area contributed by atoms with Crippen LogP contribution in [0.5, 0.6) is 0 Å². The number of hydrogen-bond donors (Lipinski definition) is 2. The van der Waals surface area contributed by atoms with E-state index in [0.717, 1.165) is 11.4 Å². The molecule has 2 aliphatic rings. The van der Waals surface area contributed by atoms with E-state index in [4.69, 9.17) is 4.74 Å². The first-order valence-electron chi connectivity index (χ1n) is 6.91. The van der Waals surface area contributed by atoms with E-state index in [-0.39, 0.29) is 0 Å². The van der Waals surface area contributed by atoms with E-state index in [1.165, 1.54) is 24.2 Å². The fourth-order valence-corrected chi connectivity index (χ4v) is 5.83. The molecule has 9 heteroatoms. The van der Waals surface area contributed by atoms with E-state index in [1.54, 1.807) is 11.1 Å². The van der Waals surface area contributed by atoms with Gasteiger partial charge in [-0.3, -0.25) is 0 Å². The van der Waals surface area contributed by atoms with Crippen LogP contribution < -0.4 is 10.1 Å². The van der Waals surface area contributed by atoms with Gasteiger partial charge in [0, 0.05) is 30.6 Å². The van der Waals surface area contributed by atoms with E-state index in [1.807, 2.05) is 0 Å². The zero-order chi connectivity index (χ0) is 14.9. The van der Waals surface area contributed by atoms with Gasteiger partial charge in [0.25, 0.3) is 10.0 Å². The third-order valence-corrected chi connectivity index (χ3v) is 7.03. The number of thiophene rings is 1. The Morgan fingerprint density at radius 3 is 2.76 bits per heavy atom. The molecule has 2 heterocycles. The standard InChI is InChI=1S/C12H18BrN3O3S2/c13-12-11(7-10(20-12)8-14-9-1-2-9)21(17,18)15-16-3-5-19-6-4-16/h7,9,14-15H,1-6,8H2. The average Bonchev–Trinajstić information content (AvgIpc) is 3.19. The van der Waals surface area contributed by atoms with Crippen molar-refractivity contribution in [3.63, 3.8) is 0 Å². The van der Waals surface area contributed by atoms with Crippen molar-refractivity contribution in [3.8, 4) is 0 Å². The van der Waals surface area contributed by atoms with Crippen molar-refractivity contribution in [2.24, 2.45) is 0 Å². The third kappa shape index (κ3) is 4.25. The normalized spacial score (nSPS) is 20.8. The molecule has 2 N–H and O–H groups in total. The van der Waals surface area contributed by atoms with Crippen molar-refractivity contribution in [2.45, 2.75) is 30.3 Å². The minimum atomic E-state index is -3.54. The molecule has 1 aromatic rings. The van der Waals surface area contributed by atoms with Gasteiger partial charge in [-0.05, 0) is 34.8 Å². The van der Waals surface area contributed by atoms with Gasteiger partial charge in [0.1, 0.15) is 4.90 Å². The quantitative estimate of drug-likeness (QED) is 0.759. The molecule has 0 aromatic carbocycles. The fourth-order valence-electron chi connectivity index (χ4n) is 2.07. The van der Waals surface area contributed by atoms with Crippen LogP contribution in [0.2, 0.25) is 0 Å². The van der Waals surface area contributed by atoms with Crippen LogP contribution in [0.25, 0.3) is 0 Å². The molecule has 1 saturated heterocycles. The SMILES string of the molecule is O=S(=O)(NN1CCOCC1)c1cc(CNC2CC2)sc1Br. The highest BCUT2D eigenvalue weighted by atomic mass is 79.9. The van der Waals surface area contributed by atoms with Crippen molar-refractivity contribution in [1.29, 1.82) is 0 Å². The smallest absolute Gasteiger partial charge is 0.255 e. The van der Waals surface area contributed by atoms with Crippen LogP contribution in [-0.2, 0) is 21.3 Å². The van der Waals surface area contributed by atoms with Gasteiger partial charge < -0.3 is 10.1 Å². The molecule has 3 rings (SSSR count). The summed E-state index contributed by atoms with van der Waals surface area (Å²) in [6, 6.07) is 2.35. The number of rotatable bonds is 6. The lowest BCUT2D eigenvalue weighted by atomic mass is 10.4. The molecule has 0 bridgehead atoms. The average molecular weight is 396 g/mol. The Kier molecular flexibility index (Phi) is 4.99.